The second-order valence-electron chi connectivity index (χ2n) is 6.39. The second kappa shape index (κ2) is 8.71. The lowest BCUT2D eigenvalue weighted by molar-refractivity contribution is -0.125. The van der Waals surface area contributed by atoms with Gasteiger partial charge in [0.25, 0.3) is 0 Å². The van der Waals surface area contributed by atoms with E-state index in [2.05, 4.69) is 15.4 Å². The summed E-state index contributed by atoms with van der Waals surface area (Å²) in [6, 6.07) is 10.8. The van der Waals surface area contributed by atoms with Gasteiger partial charge in [-0.15, -0.1) is 0 Å². The number of rotatable bonds is 7. The normalized spacial score (nSPS) is 13.1. The Kier molecular flexibility index (Phi) is 6.31. The summed E-state index contributed by atoms with van der Waals surface area (Å²) in [5, 5.41) is 7.91. The van der Waals surface area contributed by atoms with Crippen LogP contribution in [0, 0.1) is 5.82 Å². The highest BCUT2D eigenvalue weighted by Crippen LogP contribution is 2.39. The van der Waals surface area contributed by atoms with Crippen LogP contribution >= 0.6 is 23.2 Å². The fraction of sp³-hybridized carbons (Fsp3) is 0.250. The summed E-state index contributed by atoms with van der Waals surface area (Å²) >= 11 is 12.6. The van der Waals surface area contributed by atoms with Gasteiger partial charge in [-0.05, 0) is 41.8 Å². The highest BCUT2D eigenvalue weighted by Gasteiger charge is 2.44. The van der Waals surface area contributed by atoms with Crippen LogP contribution in [0.4, 0.5) is 4.39 Å². The zero-order valence-electron chi connectivity index (χ0n) is 15.2. The second-order valence-corrected chi connectivity index (χ2v) is 7.23. The summed E-state index contributed by atoms with van der Waals surface area (Å²) in [4.78, 5) is 17.5. The van der Waals surface area contributed by atoms with Crippen LogP contribution in [0.15, 0.2) is 55.1 Å². The van der Waals surface area contributed by atoms with Gasteiger partial charge in [-0.25, -0.2) is 9.37 Å². The van der Waals surface area contributed by atoms with Gasteiger partial charge >= 0.3 is 0 Å². The first-order valence-corrected chi connectivity index (χ1v) is 9.55. The van der Waals surface area contributed by atoms with Gasteiger partial charge < -0.3 is 5.32 Å². The highest BCUT2D eigenvalue weighted by molar-refractivity contribution is 6.35. The summed E-state index contributed by atoms with van der Waals surface area (Å²) in [5.41, 5.74) is -0.116. The molecule has 146 valence electrons. The molecule has 1 N–H and O–H groups in total. The van der Waals surface area contributed by atoms with Gasteiger partial charge in [-0.2, -0.15) is 5.10 Å². The first kappa shape index (κ1) is 20.3. The number of carbonyl (C=O) groups excluding carboxylic acids is 1. The van der Waals surface area contributed by atoms with Crippen molar-refractivity contribution >= 4 is 29.1 Å². The molecule has 1 unspecified atom stereocenters. The molecule has 0 bridgehead atoms. The molecule has 2 aromatic carbocycles. The lowest BCUT2D eigenvalue weighted by Gasteiger charge is -2.34. The van der Waals surface area contributed by atoms with Gasteiger partial charge in [-0.3, -0.25) is 9.48 Å². The Morgan fingerprint density at radius 3 is 2.57 bits per heavy atom. The molecule has 0 aliphatic carbocycles. The van der Waals surface area contributed by atoms with Gasteiger partial charge in [0.1, 0.15) is 23.9 Å². The van der Waals surface area contributed by atoms with Crippen molar-refractivity contribution in [2.24, 2.45) is 0 Å². The number of amides is 1. The van der Waals surface area contributed by atoms with Crippen molar-refractivity contribution in [1.82, 2.24) is 20.1 Å². The predicted molar refractivity (Wildman–Crippen MR) is 107 cm³/mol. The fourth-order valence-corrected chi connectivity index (χ4v) is 3.74. The fourth-order valence-electron chi connectivity index (χ4n) is 3.17. The standard InChI is InChI=1S/C20H19Cl2FN4O/c1-2-9-25-19(28)20(11-27-13-24-12-26-27,14-3-6-16(23)7-4-14)17-8-5-15(21)10-18(17)22/h3-8,10,12-13H,2,9,11H2,1H3,(H,25,28). The minimum Gasteiger partial charge on any atom is -0.355 e. The molecule has 1 atom stereocenters. The topological polar surface area (TPSA) is 59.8 Å². The van der Waals surface area contributed by atoms with Crippen molar-refractivity contribution in [3.8, 4) is 0 Å². The molecular formula is C20H19Cl2FN4O. The van der Waals surface area contributed by atoms with Gasteiger partial charge in [0.15, 0.2) is 0 Å². The Morgan fingerprint density at radius 1 is 1.21 bits per heavy atom. The molecule has 3 rings (SSSR count). The van der Waals surface area contributed by atoms with E-state index in [1.807, 2.05) is 6.92 Å². The van der Waals surface area contributed by atoms with E-state index >= 15 is 0 Å². The van der Waals surface area contributed by atoms with Crippen molar-refractivity contribution in [2.45, 2.75) is 25.3 Å². The number of nitrogens with one attached hydrogen (secondary N) is 1. The summed E-state index contributed by atoms with van der Waals surface area (Å²) in [6.07, 6.45) is 3.68. The Morgan fingerprint density at radius 2 is 1.96 bits per heavy atom. The molecule has 0 radical (unpaired) electrons. The van der Waals surface area contributed by atoms with Crippen molar-refractivity contribution < 1.29 is 9.18 Å². The number of carbonyl (C=O) groups is 1. The number of hydrogen-bond donors (Lipinski definition) is 1. The molecule has 0 spiro atoms. The molecular weight excluding hydrogens is 402 g/mol. The maximum Gasteiger partial charge on any atom is 0.237 e. The molecule has 3 aromatic rings. The van der Waals surface area contributed by atoms with Crippen LogP contribution in [-0.2, 0) is 16.8 Å². The average Bonchev–Trinajstić information content (AvgIpc) is 3.18. The number of benzene rings is 2. The summed E-state index contributed by atoms with van der Waals surface area (Å²) in [7, 11) is 0. The van der Waals surface area contributed by atoms with Gasteiger partial charge in [0.05, 0.1) is 6.54 Å². The first-order chi connectivity index (χ1) is 13.5. The molecule has 5 nitrogen and oxygen atoms in total. The summed E-state index contributed by atoms with van der Waals surface area (Å²) in [5.74, 6) is -0.657. The van der Waals surface area contributed by atoms with Crippen LogP contribution in [0.2, 0.25) is 10.0 Å². The first-order valence-electron chi connectivity index (χ1n) is 8.79. The quantitative estimate of drug-likeness (QED) is 0.621. The minimum absolute atomic E-state index is 0.134. The van der Waals surface area contributed by atoms with Gasteiger partial charge in [0, 0.05) is 16.6 Å². The predicted octanol–water partition coefficient (Wildman–Crippen LogP) is 4.24. The van der Waals surface area contributed by atoms with Crippen LogP contribution in [0.25, 0.3) is 0 Å². The SMILES string of the molecule is CCCNC(=O)C(Cn1cncn1)(c1ccc(F)cc1)c1ccc(Cl)cc1Cl. The van der Waals surface area contributed by atoms with Crippen molar-refractivity contribution in [3.05, 3.63) is 82.1 Å². The maximum atomic E-state index is 13.6. The molecule has 0 aliphatic heterocycles. The zero-order valence-corrected chi connectivity index (χ0v) is 16.7. The zero-order chi connectivity index (χ0) is 20.1. The van der Waals surface area contributed by atoms with Gasteiger partial charge in [-0.1, -0.05) is 48.3 Å². The van der Waals surface area contributed by atoms with Crippen molar-refractivity contribution in [1.29, 1.82) is 0 Å². The molecule has 0 saturated heterocycles. The molecule has 1 aromatic heterocycles. The largest absolute Gasteiger partial charge is 0.355 e. The van der Waals surface area contributed by atoms with Crippen LogP contribution in [0.1, 0.15) is 24.5 Å². The summed E-state index contributed by atoms with van der Waals surface area (Å²) in [6.45, 7) is 2.59. The van der Waals surface area contributed by atoms with Crippen LogP contribution in [-0.4, -0.2) is 27.2 Å². The third-order valence-electron chi connectivity index (χ3n) is 4.52. The summed E-state index contributed by atoms with van der Waals surface area (Å²) < 4.78 is 15.2. The molecule has 1 heterocycles. The molecule has 0 aliphatic rings. The van der Waals surface area contributed by atoms with Crippen LogP contribution < -0.4 is 5.32 Å². The molecule has 0 saturated carbocycles. The average molecular weight is 421 g/mol. The van der Waals surface area contributed by atoms with E-state index < -0.39 is 11.2 Å². The molecule has 0 fully saturated rings. The van der Waals surface area contributed by atoms with E-state index in [0.29, 0.717) is 27.7 Å². The Bertz CT molecular complexity index is 947. The van der Waals surface area contributed by atoms with Crippen molar-refractivity contribution in [3.63, 3.8) is 0 Å². The van der Waals surface area contributed by atoms with E-state index in [1.165, 1.54) is 24.8 Å². The minimum atomic E-state index is -1.25. The number of hydrogen-bond acceptors (Lipinski definition) is 3. The number of aromatic nitrogens is 3. The van der Waals surface area contributed by atoms with E-state index in [4.69, 9.17) is 23.2 Å². The number of halogens is 3. The van der Waals surface area contributed by atoms with Crippen LogP contribution in [0.3, 0.4) is 0 Å². The third kappa shape index (κ3) is 4.03. The highest BCUT2D eigenvalue weighted by atomic mass is 35.5. The van der Waals surface area contributed by atoms with Crippen LogP contribution in [0.5, 0.6) is 0 Å². The third-order valence-corrected chi connectivity index (χ3v) is 5.06. The number of nitrogens with zero attached hydrogens (tertiary/aromatic N) is 3. The van der Waals surface area contributed by atoms with E-state index in [1.54, 1.807) is 35.0 Å². The van der Waals surface area contributed by atoms with E-state index in [9.17, 15) is 9.18 Å². The van der Waals surface area contributed by atoms with E-state index in [0.717, 1.165) is 6.42 Å². The molecule has 1 amide bonds. The smallest absolute Gasteiger partial charge is 0.237 e. The Balaban J connectivity index is 2.26. The van der Waals surface area contributed by atoms with Crippen molar-refractivity contribution in [2.75, 3.05) is 6.54 Å². The maximum absolute atomic E-state index is 13.6. The Hall–Kier alpha value is -2.44. The van der Waals surface area contributed by atoms with E-state index in [-0.39, 0.29) is 12.5 Å². The Labute approximate surface area is 172 Å². The monoisotopic (exact) mass is 420 g/mol. The lowest BCUT2D eigenvalue weighted by Crippen LogP contribution is -2.48. The van der Waals surface area contributed by atoms with Gasteiger partial charge in [0.2, 0.25) is 5.91 Å². The lowest BCUT2D eigenvalue weighted by atomic mass is 9.73. The molecule has 8 heteroatoms. The molecule has 28 heavy (non-hydrogen) atoms.